The molecule has 0 aromatic heterocycles. The van der Waals surface area contributed by atoms with E-state index in [0.29, 0.717) is 6.54 Å². The number of rotatable bonds is 8. The molecule has 1 amide bonds. The number of carbonyl (C=O) groups excluding carboxylic acids is 1. The van der Waals surface area contributed by atoms with E-state index in [0.717, 1.165) is 44.0 Å². The number of likely N-dealkylation sites (N-methyl/N-ethyl adjacent to an activating group) is 1. The number of nitrogens with one attached hydrogen (secondary N) is 1. The number of methoxy groups -OCH3 is 1. The molecule has 3 rings (SSSR count). The summed E-state index contributed by atoms with van der Waals surface area (Å²) >= 11 is 0. The predicted octanol–water partition coefficient (Wildman–Crippen LogP) is 3.30. The number of hydrogen-bond donors (Lipinski definition) is 1. The van der Waals surface area contributed by atoms with Gasteiger partial charge in [-0.1, -0.05) is 49.4 Å². The van der Waals surface area contributed by atoms with Gasteiger partial charge < -0.3 is 19.7 Å². The summed E-state index contributed by atoms with van der Waals surface area (Å²) in [5, 5.41) is 2.95. The van der Waals surface area contributed by atoms with E-state index in [-0.39, 0.29) is 18.7 Å². The molecular weight excluding hydrogens is 366 g/mol. The summed E-state index contributed by atoms with van der Waals surface area (Å²) in [6, 6.07) is 17.9. The van der Waals surface area contributed by atoms with Gasteiger partial charge in [-0.3, -0.25) is 4.90 Å². The fourth-order valence-corrected chi connectivity index (χ4v) is 3.63. The molecule has 0 saturated carbocycles. The molecule has 0 bridgehead atoms. The van der Waals surface area contributed by atoms with Gasteiger partial charge in [0.1, 0.15) is 12.4 Å². The molecule has 2 aromatic rings. The Morgan fingerprint density at radius 1 is 1.03 bits per heavy atom. The molecule has 1 aliphatic rings. The topological polar surface area (TPSA) is 54.0 Å². The second-order valence-electron chi connectivity index (χ2n) is 7.20. The summed E-state index contributed by atoms with van der Waals surface area (Å²) in [6.07, 6.45) is -0.389. The number of amides is 1. The number of hydrogen-bond acceptors (Lipinski definition) is 5. The molecule has 6 nitrogen and oxygen atoms in total. The molecule has 0 radical (unpaired) electrons. The van der Waals surface area contributed by atoms with E-state index >= 15 is 0 Å². The molecule has 156 valence electrons. The molecule has 1 N–H and O–H groups in total. The maximum Gasteiger partial charge on any atom is 0.407 e. The fraction of sp³-hybridized carbons (Fsp3) is 0.435. The van der Waals surface area contributed by atoms with Crippen molar-refractivity contribution in [1.29, 1.82) is 0 Å². The molecule has 29 heavy (non-hydrogen) atoms. The molecule has 1 unspecified atom stereocenters. The predicted molar refractivity (Wildman–Crippen MR) is 114 cm³/mol. The van der Waals surface area contributed by atoms with Gasteiger partial charge in [0.2, 0.25) is 0 Å². The normalized spacial score (nSPS) is 16.2. The zero-order chi connectivity index (χ0) is 20.5. The lowest BCUT2D eigenvalue weighted by molar-refractivity contribution is 0.0938. The largest absolute Gasteiger partial charge is 0.497 e. The van der Waals surface area contributed by atoms with Crippen molar-refractivity contribution >= 4 is 6.09 Å². The van der Waals surface area contributed by atoms with Crippen LogP contribution in [-0.2, 0) is 11.3 Å². The highest BCUT2D eigenvalue weighted by Crippen LogP contribution is 2.24. The van der Waals surface area contributed by atoms with Crippen molar-refractivity contribution in [2.24, 2.45) is 0 Å². The number of carbonyl (C=O) groups is 1. The number of piperazine rings is 1. The quantitative estimate of drug-likeness (QED) is 0.741. The highest BCUT2D eigenvalue weighted by Gasteiger charge is 2.25. The Balaban J connectivity index is 1.60. The molecule has 1 aliphatic heterocycles. The van der Waals surface area contributed by atoms with Gasteiger partial charge in [0.15, 0.2) is 0 Å². The van der Waals surface area contributed by atoms with Crippen LogP contribution in [0.2, 0.25) is 0 Å². The second-order valence-corrected chi connectivity index (χ2v) is 7.20. The summed E-state index contributed by atoms with van der Waals surface area (Å²) in [6.45, 7) is 8.09. The van der Waals surface area contributed by atoms with Crippen molar-refractivity contribution in [3.8, 4) is 5.75 Å². The average molecular weight is 398 g/mol. The lowest BCUT2D eigenvalue weighted by Crippen LogP contribution is -2.49. The number of benzene rings is 2. The van der Waals surface area contributed by atoms with Gasteiger partial charge in [-0.25, -0.2) is 4.79 Å². The summed E-state index contributed by atoms with van der Waals surface area (Å²) in [4.78, 5) is 17.1. The van der Waals surface area contributed by atoms with Gasteiger partial charge in [0, 0.05) is 32.7 Å². The Hall–Kier alpha value is -2.57. The van der Waals surface area contributed by atoms with E-state index in [1.54, 1.807) is 7.11 Å². The van der Waals surface area contributed by atoms with Crippen molar-refractivity contribution in [1.82, 2.24) is 15.1 Å². The van der Waals surface area contributed by atoms with Crippen LogP contribution in [0.25, 0.3) is 0 Å². The minimum absolute atomic E-state index is 0.101. The van der Waals surface area contributed by atoms with Crippen molar-refractivity contribution in [2.75, 3.05) is 46.4 Å². The first-order valence-corrected chi connectivity index (χ1v) is 10.2. The number of ether oxygens (including phenoxy) is 2. The van der Waals surface area contributed by atoms with Crippen molar-refractivity contribution < 1.29 is 14.3 Å². The minimum Gasteiger partial charge on any atom is -0.497 e. The highest BCUT2D eigenvalue weighted by atomic mass is 16.5. The summed E-state index contributed by atoms with van der Waals surface area (Å²) in [5.74, 6) is 0.832. The van der Waals surface area contributed by atoms with Gasteiger partial charge in [0.05, 0.1) is 13.2 Å². The average Bonchev–Trinajstić information content (AvgIpc) is 2.79. The van der Waals surface area contributed by atoms with Gasteiger partial charge in [-0.2, -0.15) is 0 Å². The van der Waals surface area contributed by atoms with Crippen molar-refractivity contribution in [3.05, 3.63) is 65.7 Å². The second kappa shape index (κ2) is 10.8. The third kappa shape index (κ3) is 6.21. The molecular formula is C23H31N3O3. The Bertz CT molecular complexity index is 744. The van der Waals surface area contributed by atoms with Crippen LogP contribution in [0.4, 0.5) is 4.79 Å². The molecule has 1 fully saturated rings. The Morgan fingerprint density at radius 3 is 2.34 bits per heavy atom. The standard InChI is InChI=1S/C23H31N3O3/c1-3-25-13-15-26(16-14-25)22(20-9-11-21(28-2)12-10-20)17-24-23(27)29-18-19-7-5-4-6-8-19/h4-12,22H,3,13-18H2,1-2H3,(H,24,27). The van der Waals surface area contributed by atoms with Gasteiger partial charge in [-0.15, -0.1) is 0 Å². The Morgan fingerprint density at radius 2 is 1.72 bits per heavy atom. The van der Waals surface area contributed by atoms with Crippen LogP contribution >= 0.6 is 0 Å². The van der Waals surface area contributed by atoms with Crippen molar-refractivity contribution in [3.63, 3.8) is 0 Å². The Labute approximate surface area is 173 Å². The van der Waals surface area contributed by atoms with Crippen LogP contribution in [0.1, 0.15) is 24.1 Å². The summed E-state index contributed by atoms with van der Waals surface area (Å²) < 4.78 is 10.7. The van der Waals surface area contributed by atoms with Crippen LogP contribution in [0, 0.1) is 0 Å². The van der Waals surface area contributed by atoms with Crippen LogP contribution < -0.4 is 10.1 Å². The zero-order valence-corrected chi connectivity index (χ0v) is 17.3. The van der Waals surface area contributed by atoms with Crippen LogP contribution in [0.15, 0.2) is 54.6 Å². The smallest absolute Gasteiger partial charge is 0.407 e. The van der Waals surface area contributed by atoms with Gasteiger partial charge >= 0.3 is 6.09 Å². The Kier molecular flexibility index (Phi) is 7.90. The monoisotopic (exact) mass is 397 g/mol. The molecule has 0 spiro atoms. The molecule has 2 aromatic carbocycles. The van der Waals surface area contributed by atoms with E-state index < -0.39 is 0 Å². The minimum atomic E-state index is -0.389. The zero-order valence-electron chi connectivity index (χ0n) is 17.3. The molecule has 0 aliphatic carbocycles. The maximum absolute atomic E-state index is 12.3. The summed E-state index contributed by atoms with van der Waals surface area (Å²) in [5.41, 5.74) is 2.14. The van der Waals surface area contributed by atoms with Crippen LogP contribution in [-0.4, -0.2) is 62.3 Å². The van der Waals surface area contributed by atoms with Gasteiger partial charge in [-0.05, 0) is 29.8 Å². The van der Waals surface area contributed by atoms with E-state index in [1.165, 1.54) is 5.56 Å². The molecule has 6 heteroatoms. The summed E-state index contributed by atoms with van der Waals surface area (Å²) in [7, 11) is 1.67. The first-order valence-electron chi connectivity index (χ1n) is 10.2. The first kappa shape index (κ1) is 21.1. The first-order chi connectivity index (χ1) is 14.2. The molecule has 1 saturated heterocycles. The van der Waals surface area contributed by atoms with E-state index in [1.807, 2.05) is 42.5 Å². The SMILES string of the molecule is CCN1CCN(C(CNC(=O)OCc2ccccc2)c2ccc(OC)cc2)CC1. The third-order valence-corrected chi connectivity index (χ3v) is 5.45. The number of nitrogens with zero attached hydrogens (tertiary/aromatic N) is 2. The molecule has 1 heterocycles. The third-order valence-electron chi connectivity index (χ3n) is 5.45. The van der Waals surface area contributed by atoms with E-state index in [9.17, 15) is 4.79 Å². The molecule has 1 atom stereocenters. The van der Waals surface area contributed by atoms with Crippen LogP contribution in [0.5, 0.6) is 5.75 Å². The maximum atomic E-state index is 12.3. The van der Waals surface area contributed by atoms with E-state index in [2.05, 4.69) is 34.2 Å². The highest BCUT2D eigenvalue weighted by molar-refractivity contribution is 5.67. The lowest BCUT2D eigenvalue weighted by atomic mass is 10.0. The van der Waals surface area contributed by atoms with Crippen LogP contribution in [0.3, 0.4) is 0 Å². The van der Waals surface area contributed by atoms with E-state index in [4.69, 9.17) is 9.47 Å². The van der Waals surface area contributed by atoms with Crippen molar-refractivity contribution in [2.45, 2.75) is 19.6 Å². The fourth-order valence-electron chi connectivity index (χ4n) is 3.63. The van der Waals surface area contributed by atoms with Gasteiger partial charge in [0.25, 0.3) is 0 Å². The lowest BCUT2D eigenvalue weighted by Gasteiger charge is -2.39. The number of alkyl carbamates (subject to hydrolysis) is 1.